The minimum Gasteiger partial charge on any atom is -0.352 e. The monoisotopic (exact) mass is 364 g/mol. The molecule has 5 nitrogen and oxygen atoms in total. The van der Waals surface area contributed by atoms with Gasteiger partial charge in [0.1, 0.15) is 5.82 Å². The van der Waals surface area contributed by atoms with Gasteiger partial charge in [-0.25, -0.2) is 4.39 Å². The van der Waals surface area contributed by atoms with E-state index in [-0.39, 0.29) is 11.7 Å². The number of anilines is 2. The summed E-state index contributed by atoms with van der Waals surface area (Å²) in [7, 11) is 0. The summed E-state index contributed by atoms with van der Waals surface area (Å²) >= 11 is 0. The number of carbonyl (C=O) groups is 1. The maximum atomic E-state index is 13.3. The van der Waals surface area contributed by atoms with Crippen molar-refractivity contribution >= 4 is 17.4 Å². The van der Waals surface area contributed by atoms with E-state index in [1.165, 1.54) is 12.1 Å². The summed E-state index contributed by atoms with van der Waals surface area (Å²) in [6, 6.07) is 16.9. The summed E-state index contributed by atoms with van der Waals surface area (Å²) in [4.78, 5) is 12.2. The van der Waals surface area contributed by atoms with Gasteiger partial charge >= 0.3 is 0 Å². The van der Waals surface area contributed by atoms with Gasteiger partial charge in [0.05, 0.1) is 5.69 Å². The first-order chi connectivity index (χ1) is 13.0. The number of carbonyl (C=O) groups excluding carboxylic acids is 1. The lowest BCUT2D eigenvalue weighted by molar-refractivity contribution is 0.0949. The first-order valence-electron chi connectivity index (χ1n) is 8.76. The zero-order valence-corrected chi connectivity index (χ0v) is 15.2. The topological polar surface area (TPSA) is 66.9 Å². The Kier molecular flexibility index (Phi) is 5.76. The third-order valence-electron chi connectivity index (χ3n) is 3.85. The van der Waals surface area contributed by atoms with E-state index in [1.807, 2.05) is 19.9 Å². The van der Waals surface area contributed by atoms with Gasteiger partial charge in [-0.2, -0.15) is 0 Å². The molecule has 3 aromatic rings. The lowest BCUT2D eigenvalue weighted by Crippen LogP contribution is -2.27. The normalized spacial score (nSPS) is 10.7. The maximum Gasteiger partial charge on any atom is 0.251 e. The molecule has 0 fully saturated rings. The molecule has 0 unspecified atom stereocenters. The average Bonchev–Trinajstić information content (AvgIpc) is 2.67. The number of aromatic nitrogens is 2. The van der Waals surface area contributed by atoms with E-state index in [4.69, 9.17) is 0 Å². The van der Waals surface area contributed by atoms with Crippen LogP contribution in [0, 0.1) is 11.7 Å². The molecule has 0 saturated heterocycles. The van der Waals surface area contributed by atoms with Crippen LogP contribution in [0.25, 0.3) is 11.3 Å². The van der Waals surface area contributed by atoms with Crippen LogP contribution >= 0.6 is 0 Å². The molecule has 0 aliphatic carbocycles. The summed E-state index contributed by atoms with van der Waals surface area (Å²) < 4.78 is 13.3. The Morgan fingerprint density at radius 1 is 1.04 bits per heavy atom. The number of amides is 1. The van der Waals surface area contributed by atoms with Crippen molar-refractivity contribution in [3.8, 4) is 11.3 Å². The smallest absolute Gasteiger partial charge is 0.251 e. The minimum absolute atomic E-state index is 0.111. The largest absolute Gasteiger partial charge is 0.352 e. The van der Waals surface area contributed by atoms with Crippen molar-refractivity contribution in [2.24, 2.45) is 5.92 Å². The molecular formula is C21H21FN4O. The van der Waals surface area contributed by atoms with Crippen molar-refractivity contribution in [1.29, 1.82) is 0 Å². The molecule has 0 radical (unpaired) electrons. The van der Waals surface area contributed by atoms with Gasteiger partial charge < -0.3 is 10.6 Å². The van der Waals surface area contributed by atoms with Crippen LogP contribution < -0.4 is 10.6 Å². The molecular weight excluding hydrogens is 343 g/mol. The predicted octanol–water partition coefficient (Wildman–Crippen LogP) is 4.41. The van der Waals surface area contributed by atoms with Crippen molar-refractivity contribution in [3.63, 3.8) is 0 Å². The summed E-state index contributed by atoms with van der Waals surface area (Å²) in [6.45, 7) is 4.72. The Morgan fingerprint density at radius 3 is 2.56 bits per heavy atom. The molecule has 2 N–H and O–H groups in total. The Morgan fingerprint density at radius 2 is 1.85 bits per heavy atom. The molecule has 1 amide bonds. The quantitative estimate of drug-likeness (QED) is 0.680. The van der Waals surface area contributed by atoms with Crippen LogP contribution in [0.2, 0.25) is 0 Å². The van der Waals surface area contributed by atoms with E-state index in [0.29, 0.717) is 35.1 Å². The minimum atomic E-state index is -0.316. The molecule has 3 rings (SSSR count). The Labute approximate surface area is 157 Å². The molecule has 0 bridgehead atoms. The molecule has 0 saturated carbocycles. The number of rotatable bonds is 6. The van der Waals surface area contributed by atoms with Crippen LogP contribution in [-0.2, 0) is 0 Å². The second-order valence-corrected chi connectivity index (χ2v) is 6.62. The number of nitrogens with one attached hydrogen (secondary N) is 2. The van der Waals surface area contributed by atoms with Crippen LogP contribution in [0.15, 0.2) is 60.7 Å². The van der Waals surface area contributed by atoms with Crippen molar-refractivity contribution in [2.45, 2.75) is 13.8 Å². The van der Waals surface area contributed by atoms with E-state index < -0.39 is 0 Å². The number of nitrogens with zero attached hydrogens (tertiary/aromatic N) is 2. The standard InChI is InChI=1S/C21H21FN4O/c1-14(2)13-23-21(27)16-6-4-8-18(12-16)24-20-10-9-19(25-26-20)15-5-3-7-17(22)11-15/h3-12,14H,13H2,1-2H3,(H,23,27)(H,24,26). The van der Waals surface area contributed by atoms with Crippen molar-refractivity contribution < 1.29 is 9.18 Å². The molecule has 0 aliphatic heterocycles. The fraction of sp³-hybridized carbons (Fsp3) is 0.190. The van der Waals surface area contributed by atoms with Crippen LogP contribution in [0.3, 0.4) is 0 Å². The van der Waals surface area contributed by atoms with E-state index in [1.54, 1.807) is 42.5 Å². The van der Waals surface area contributed by atoms with E-state index >= 15 is 0 Å². The first-order valence-corrected chi connectivity index (χ1v) is 8.76. The van der Waals surface area contributed by atoms with Crippen molar-refractivity contribution in [2.75, 3.05) is 11.9 Å². The molecule has 0 atom stereocenters. The van der Waals surface area contributed by atoms with Crippen LogP contribution in [-0.4, -0.2) is 22.6 Å². The molecule has 6 heteroatoms. The Bertz CT molecular complexity index is 925. The van der Waals surface area contributed by atoms with E-state index in [2.05, 4.69) is 20.8 Å². The van der Waals surface area contributed by atoms with Gasteiger partial charge in [0.15, 0.2) is 5.82 Å². The third-order valence-corrected chi connectivity index (χ3v) is 3.85. The fourth-order valence-corrected chi connectivity index (χ4v) is 2.49. The summed E-state index contributed by atoms with van der Waals surface area (Å²) in [5, 5.41) is 14.3. The van der Waals surface area contributed by atoms with Gasteiger partial charge in [0.25, 0.3) is 5.91 Å². The highest BCUT2D eigenvalue weighted by Crippen LogP contribution is 2.20. The maximum absolute atomic E-state index is 13.3. The number of hydrogen-bond acceptors (Lipinski definition) is 4. The first kappa shape index (κ1) is 18.5. The average molecular weight is 364 g/mol. The number of hydrogen-bond donors (Lipinski definition) is 2. The Hall–Kier alpha value is -3.28. The molecule has 0 aliphatic rings. The zero-order valence-electron chi connectivity index (χ0n) is 15.2. The molecule has 27 heavy (non-hydrogen) atoms. The summed E-state index contributed by atoms with van der Waals surface area (Å²) in [6.07, 6.45) is 0. The number of halogens is 1. The van der Waals surface area contributed by atoms with Crippen molar-refractivity contribution in [3.05, 3.63) is 72.0 Å². The van der Waals surface area contributed by atoms with Gasteiger partial charge in [0.2, 0.25) is 0 Å². The van der Waals surface area contributed by atoms with Crippen LogP contribution in [0.1, 0.15) is 24.2 Å². The van der Waals surface area contributed by atoms with E-state index in [9.17, 15) is 9.18 Å². The van der Waals surface area contributed by atoms with Crippen molar-refractivity contribution in [1.82, 2.24) is 15.5 Å². The van der Waals surface area contributed by atoms with E-state index in [0.717, 1.165) is 5.69 Å². The molecule has 1 heterocycles. The summed E-state index contributed by atoms with van der Waals surface area (Å²) in [5.41, 5.74) is 2.56. The van der Waals surface area contributed by atoms with Gasteiger partial charge in [0, 0.05) is 23.4 Å². The highest BCUT2D eigenvalue weighted by atomic mass is 19.1. The second-order valence-electron chi connectivity index (χ2n) is 6.62. The zero-order chi connectivity index (χ0) is 19.2. The molecule has 138 valence electrons. The van der Waals surface area contributed by atoms with Gasteiger partial charge in [-0.15, -0.1) is 10.2 Å². The summed E-state index contributed by atoms with van der Waals surface area (Å²) in [5.74, 6) is 0.501. The number of benzene rings is 2. The lowest BCUT2D eigenvalue weighted by Gasteiger charge is -2.10. The van der Waals surface area contributed by atoms with Gasteiger partial charge in [-0.3, -0.25) is 4.79 Å². The Balaban J connectivity index is 1.70. The van der Waals surface area contributed by atoms with Crippen LogP contribution in [0.4, 0.5) is 15.9 Å². The lowest BCUT2D eigenvalue weighted by atomic mass is 10.1. The predicted molar refractivity (Wildman–Crippen MR) is 104 cm³/mol. The van der Waals surface area contributed by atoms with Gasteiger partial charge in [-0.05, 0) is 48.4 Å². The van der Waals surface area contributed by atoms with Gasteiger partial charge in [-0.1, -0.05) is 32.0 Å². The molecule has 1 aromatic heterocycles. The fourth-order valence-electron chi connectivity index (χ4n) is 2.49. The molecule has 2 aromatic carbocycles. The second kappa shape index (κ2) is 8.40. The van der Waals surface area contributed by atoms with Crippen LogP contribution in [0.5, 0.6) is 0 Å². The molecule has 0 spiro atoms. The SMILES string of the molecule is CC(C)CNC(=O)c1cccc(Nc2ccc(-c3cccc(F)c3)nn2)c1. The highest BCUT2D eigenvalue weighted by Gasteiger charge is 2.08. The third kappa shape index (κ3) is 5.10. The highest BCUT2D eigenvalue weighted by molar-refractivity contribution is 5.95.